The van der Waals surface area contributed by atoms with Gasteiger partial charge in [0.2, 0.25) is 0 Å². The first-order chi connectivity index (χ1) is 6.74. The zero-order valence-electron chi connectivity index (χ0n) is 8.74. The molecule has 0 spiro atoms. The Morgan fingerprint density at radius 3 is 3.07 bits per heavy atom. The summed E-state index contributed by atoms with van der Waals surface area (Å²) in [6.45, 7) is 4.29. The highest BCUT2D eigenvalue weighted by Gasteiger charge is 2.25. The number of nitrogens with zero attached hydrogens (tertiary/aromatic N) is 1. The van der Waals surface area contributed by atoms with Crippen LogP contribution in [0.5, 0.6) is 0 Å². The number of rotatable bonds is 6. The van der Waals surface area contributed by atoms with Crippen LogP contribution >= 0.6 is 11.8 Å². The number of carbonyl (C=O) groups is 1. The highest BCUT2D eigenvalue weighted by atomic mass is 32.2. The van der Waals surface area contributed by atoms with Crippen molar-refractivity contribution in [3.8, 4) is 0 Å². The molecule has 82 valence electrons. The smallest absolute Gasteiger partial charge is 0.304 e. The predicted molar refractivity (Wildman–Crippen MR) is 59.8 cm³/mol. The van der Waals surface area contributed by atoms with Crippen LogP contribution in [0.2, 0.25) is 0 Å². The van der Waals surface area contributed by atoms with Crippen molar-refractivity contribution in [2.45, 2.75) is 32.2 Å². The van der Waals surface area contributed by atoms with E-state index in [1.54, 1.807) is 0 Å². The van der Waals surface area contributed by atoms with Crippen LogP contribution in [-0.4, -0.2) is 46.6 Å². The van der Waals surface area contributed by atoms with Gasteiger partial charge in [-0.3, -0.25) is 9.69 Å². The Kier molecular flexibility index (Phi) is 5.33. The molecule has 0 amide bonds. The van der Waals surface area contributed by atoms with E-state index in [9.17, 15) is 4.79 Å². The lowest BCUT2D eigenvalue weighted by Crippen LogP contribution is -2.33. The number of thioether (sulfide) groups is 1. The second kappa shape index (κ2) is 6.30. The lowest BCUT2D eigenvalue weighted by molar-refractivity contribution is -0.138. The summed E-state index contributed by atoms with van der Waals surface area (Å²) in [6, 6.07) is 0.296. The van der Waals surface area contributed by atoms with Gasteiger partial charge in [-0.1, -0.05) is 6.92 Å². The lowest BCUT2D eigenvalue weighted by atomic mass is 10.1. The first-order valence-electron chi connectivity index (χ1n) is 5.27. The molecule has 1 rings (SSSR count). The van der Waals surface area contributed by atoms with E-state index in [-0.39, 0.29) is 0 Å². The van der Waals surface area contributed by atoms with Gasteiger partial charge in [-0.05, 0) is 25.1 Å². The van der Waals surface area contributed by atoms with Gasteiger partial charge in [-0.15, -0.1) is 0 Å². The normalized spacial score (nSPS) is 22.8. The lowest BCUT2D eigenvalue weighted by Gasteiger charge is -2.22. The average molecular weight is 217 g/mol. The maximum Gasteiger partial charge on any atom is 0.304 e. The Morgan fingerprint density at radius 1 is 1.64 bits per heavy atom. The van der Waals surface area contributed by atoms with Crippen molar-refractivity contribution in [2.75, 3.05) is 24.6 Å². The summed E-state index contributed by atoms with van der Waals surface area (Å²) < 4.78 is 0. The highest BCUT2D eigenvalue weighted by molar-refractivity contribution is 7.99. The molecule has 1 N–H and O–H groups in total. The first-order valence-corrected chi connectivity index (χ1v) is 6.43. The van der Waals surface area contributed by atoms with E-state index in [2.05, 4.69) is 11.8 Å². The Labute approximate surface area is 89.9 Å². The van der Waals surface area contributed by atoms with E-state index >= 15 is 0 Å². The summed E-state index contributed by atoms with van der Waals surface area (Å²) in [5.74, 6) is 1.62. The standard InChI is InChI=1S/C10H19NO2S/c1-2-14-7-6-11-5-3-4-9(11)8-10(12)13/h9H,2-8H2,1H3,(H,12,13). The van der Waals surface area contributed by atoms with Gasteiger partial charge < -0.3 is 5.11 Å². The summed E-state index contributed by atoms with van der Waals surface area (Å²) in [5, 5.41) is 8.73. The zero-order chi connectivity index (χ0) is 10.4. The molecule has 0 bridgehead atoms. The highest BCUT2D eigenvalue weighted by Crippen LogP contribution is 2.20. The fourth-order valence-electron chi connectivity index (χ4n) is 1.95. The van der Waals surface area contributed by atoms with Gasteiger partial charge >= 0.3 is 5.97 Å². The second-order valence-corrected chi connectivity index (χ2v) is 5.02. The van der Waals surface area contributed by atoms with Gasteiger partial charge in [-0.2, -0.15) is 11.8 Å². The van der Waals surface area contributed by atoms with Gasteiger partial charge in [0.25, 0.3) is 0 Å². The number of likely N-dealkylation sites (tertiary alicyclic amines) is 1. The number of hydrogen-bond donors (Lipinski definition) is 1. The van der Waals surface area contributed by atoms with E-state index in [0.717, 1.165) is 37.4 Å². The third-order valence-electron chi connectivity index (χ3n) is 2.64. The van der Waals surface area contributed by atoms with Crippen molar-refractivity contribution >= 4 is 17.7 Å². The van der Waals surface area contributed by atoms with Crippen LogP contribution < -0.4 is 0 Å². The minimum atomic E-state index is -0.662. The molecule has 1 heterocycles. The third-order valence-corrected chi connectivity index (χ3v) is 3.52. The van der Waals surface area contributed by atoms with Crippen molar-refractivity contribution in [2.24, 2.45) is 0 Å². The molecule has 1 atom stereocenters. The van der Waals surface area contributed by atoms with Crippen LogP contribution in [0.3, 0.4) is 0 Å². The van der Waals surface area contributed by atoms with E-state index in [4.69, 9.17) is 5.11 Å². The first kappa shape index (κ1) is 11.9. The molecule has 3 nitrogen and oxygen atoms in total. The average Bonchev–Trinajstić information content (AvgIpc) is 2.52. The minimum Gasteiger partial charge on any atom is -0.481 e. The Balaban J connectivity index is 2.24. The van der Waals surface area contributed by atoms with Crippen LogP contribution in [-0.2, 0) is 4.79 Å². The molecule has 0 aromatic carbocycles. The van der Waals surface area contributed by atoms with Crippen LogP contribution in [0, 0.1) is 0 Å². The van der Waals surface area contributed by atoms with E-state index in [1.807, 2.05) is 11.8 Å². The van der Waals surface area contributed by atoms with Gasteiger partial charge in [0.15, 0.2) is 0 Å². The van der Waals surface area contributed by atoms with Crippen LogP contribution in [0.4, 0.5) is 0 Å². The maximum absolute atomic E-state index is 10.6. The molecular formula is C10H19NO2S. The van der Waals surface area contributed by atoms with E-state index in [1.165, 1.54) is 0 Å². The molecule has 14 heavy (non-hydrogen) atoms. The minimum absolute atomic E-state index is 0.296. The molecule has 1 aliphatic heterocycles. The summed E-state index contributed by atoms with van der Waals surface area (Å²) in [4.78, 5) is 12.9. The SMILES string of the molecule is CCSCCN1CCCC1CC(=O)O. The number of hydrogen-bond acceptors (Lipinski definition) is 3. The molecule has 4 heteroatoms. The summed E-state index contributed by atoms with van der Waals surface area (Å²) >= 11 is 1.93. The molecule has 1 saturated heterocycles. The van der Waals surface area contributed by atoms with Crippen LogP contribution in [0.1, 0.15) is 26.2 Å². The van der Waals surface area contributed by atoms with Gasteiger partial charge in [0, 0.05) is 18.3 Å². The number of carboxylic acids is 1. The molecule has 0 aromatic rings. The molecule has 0 saturated carbocycles. The summed E-state index contributed by atoms with van der Waals surface area (Å²) in [5.41, 5.74) is 0. The number of aliphatic carboxylic acids is 1. The van der Waals surface area contributed by atoms with Crippen molar-refractivity contribution in [1.82, 2.24) is 4.90 Å². The topological polar surface area (TPSA) is 40.5 Å². The van der Waals surface area contributed by atoms with Crippen LogP contribution in [0.25, 0.3) is 0 Å². The van der Waals surface area contributed by atoms with Crippen molar-refractivity contribution < 1.29 is 9.90 Å². The Hall–Kier alpha value is -0.220. The number of carboxylic acid groups (broad SMARTS) is 1. The maximum atomic E-state index is 10.6. The fraction of sp³-hybridized carbons (Fsp3) is 0.900. The Bertz CT molecular complexity index is 187. The largest absolute Gasteiger partial charge is 0.481 e. The van der Waals surface area contributed by atoms with E-state index in [0.29, 0.717) is 12.5 Å². The zero-order valence-corrected chi connectivity index (χ0v) is 9.55. The quantitative estimate of drug-likeness (QED) is 0.687. The molecule has 1 unspecified atom stereocenters. The van der Waals surface area contributed by atoms with Crippen LogP contribution in [0.15, 0.2) is 0 Å². The van der Waals surface area contributed by atoms with Gasteiger partial charge in [-0.25, -0.2) is 0 Å². The monoisotopic (exact) mass is 217 g/mol. The summed E-state index contributed by atoms with van der Waals surface area (Å²) in [7, 11) is 0. The molecule has 0 aromatic heterocycles. The second-order valence-electron chi connectivity index (χ2n) is 3.63. The Morgan fingerprint density at radius 2 is 2.43 bits per heavy atom. The van der Waals surface area contributed by atoms with E-state index < -0.39 is 5.97 Å². The molecular weight excluding hydrogens is 198 g/mol. The predicted octanol–water partition coefficient (Wildman–Crippen LogP) is 1.68. The fourth-order valence-corrected chi connectivity index (χ4v) is 2.60. The van der Waals surface area contributed by atoms with Crippen molar-refractivity contribution in [1.29, 1.82) is 0 Å². The van der Waals surface area contributed by atoms with Gasteiger partial charge in [0.05, 0.1) is 6.42 Å². The molecule has 1 aliphatic rings. The van der Waals surface area contributed by atoms with Gasteiger partial charge in [0.1, 0.15) is 0 Å². The molecule has 0 radical (unpaired) electrons. The molecule has 1 fully saturated rings. The molecule has 0 aliphatic carbocycles. The third kappa shape index (κ3) is 3.88. The summed E-state index contributed by atoms with van der Waals surface area (Å²) in [6.07, 6.45) is 2.54. The van der Waals surface area contributed by atoms with Crippen molar-refractivity contribution in [3.63, 3.8) is 0 Å². The van der Waals surface area contributed by atoms with Crippen molar-refractivity contribution in [3.05, 3.63) is 0 Å².